The molecule has 0 spiro atoms. The summed E-state index contributed by atoms with van der Waals surface area (Å²) in [5, 5.41) is 9.43. The fourth-order valence-corrected chi connectivity index (χ4v) is 3.64. The fourth-order valence-electron chi connectivity index (χ4n) is 2.45. The van der Waals surface area contributed by atoms with Gasteiger partial charge in [-0.1, -0.05) is 29.4 Å². The van der Waals surface area contributed by atoms with Crippen LogP contribution < -0.4 is 5.73 Å². The molecular weight excluding hydrogens is 351 g/mol. The smallest absolute Gasteiger partial charge is 0.219 e. The van der Waals surface area contributed by atoms with Crippen LogP contribution in [0.4, 0.5) is 4.39 Å². The van der Waals surface area contributed by atoms with Crippen LogP contribution in [0.1, 0.15) is 48.7 Å². The van der Waals surface area contributed by atoms with Crippen LogP contribution in [0.5, 0.6) is 0 Å². The van der Waals surface area contributed by atoms with E-state index in [2.05, 4.69) is 10.2 Å². The average molecular weight is 369 g/mol. The quantitative estimate of drug-likeness (QED) is 0.756. The fraction of sp³-hybridized carbons (Fsp3) is 0.438. The Labute approximate surface area is 148 Å². The van der Waals surface area contributed by atoms with Crippen molar-refractivity contribution < 1.29 is 9.18 Å². The van der Waals surface area contributed by atoms with Crippen LogP contribution in [0.3, 0.4) is 0 Å². The van der Waals surface area contributed by atoms with Crippen molar-refractivity contribution in [3.63, 3.8) is 0 Å². The number of thioether (sulfide) groups is 1. The van der Waals surface area contributed by atoms with Crippen molar-refractivity contribution in [3.05, 3.63) is 40.4 Å². The molecule has 128 valence electrons. The minimum absolute atomic E-state index is 0.0201. The topological polar surface area (TPSA) is 73.8 Å². The van der Waals surface area contributed by atoms with Gasteiger partial charge in [0.25, 0.3) is 0 Å². The van der Waals surface area contributed by atoms with Gasteiger partial charge in [-0.25, -0.2) is 4.39 Å². The van der Waals surface area contributed by atoms with Gasteiger partial charge in [-0.3, -0.25) is 4.79 Å². The standard InChI is InChI=1S/C16H18ClFN4OS/c1-9(11-4-5-13(18)12(17)8-11)24-16-21-20-15(10-2-3-10)22(16)7-6-14(19)23/h4-5,8-10H,2-3,6-7H2,1H3,(H2,19,23). The number of nitrogens with two attached hydrogens (primary N) is 1. The molecule has 1 saturated carbocycles. The average Bonchev–Trinajstić information content (AvgIpc) is 3.30. The highest BCUT2D eigenvalue weighted by Crippen LogP contribution is 2.42. The third-order valence-corrected chi connectivity index (χ3v) is 5.39. The highest BCUT2D eigenvalue weighted by Gasteiger charge is 2.30. The van der Waals surface area contributed by atoms with E-state index in [9.17, 15) is 9.18 Å². The van der Waals surface area contributed by atoms with Gasteiger partial charge in [-0.15, -0.1) is 10.2 Å². The lowest BCUT2D eigenvalue weighted by Gasteiger charge is -2.13. The first-order valence-corrected chi connectivity index (χ1v) is 9.04. The van der Waals surface area contributed by atoms with Gasteiger partial charge in [0.2, 0.25) is 5.91 Å². The van der Waals surface area contributed by atoms with Crippen LogP contribution in [0.15, 0.2) is 23.4 Å². The molecule has 1 heterocycles. The molecule has 2 aromatic rings. The number of hydrogen-bond donors (Lipinski definition) is 1. The van der Waals surface area contributed by atoms with Crippen LogP contribution in [-0.2, 0) is 11.3 Å². The Kier molecular flexibility index (Phi) is 5.10. The number of carbonyl (C=O) groups is 1. The number of amides is 1. The number of primary amides is 1. The Morgan fingerprint density at radius 2 is 2.25 bits per heavy atom. The van der Waals surface area contributed by atoms with Crippen molar-refractivity contribution in [2.75, 3.05) is 0 Å². The second-order valence-electron chi connectivity index (χ2n) is 5.92. The van der Waals surface area contributed by atoms with Crippen LogP contribution >= 0.6 is 23.4 Å². The largest absolute Gasteiger partial charge is 0.370 e. The Hall–Kier alpha value is -1.60. The molecule has 1 unspecified atom stereocenters. The molecule has 3 rings (SSSR count). The summed E-state index contributed by atoms with van der Waals surface area (Å²) >= 11 is 7.37. The SMILES string of the molecule is CC(Sc1nnc(C2CC2)n1CCC(N)=O)c1ccc(F)c(Cl)c1. The Balaban J connectivity index is 1.80. The lowest BCUT2D eigenvalue weighted by atomic mass is 10.2. The van der Waals surface area contributed by atoms with Gasteiger partial charge in [0, 0.05) is 24.1 Å². The van der Waals surface area contributed by atoms with Gasteiger partial charge in [0.15, 0.2) is 5.16 Å². The van der Waals surface area contributed by atoms with E-state index >= 15 is 0 Å². The predicted octanol–water partition coefficient (Wildman–Crippen LogP) is 3.68. The number of halogens is 2. The van der Waals surface area contributed by atoms with Crippen LogP contribution in [0.2, 0.25) is 5.02 Å². The number of rotatable bonds is 7. The summed E-state index contributed by atoms with van der Waals surface area (Å²) in [4.78, 5) is 11.1. The van der Waals surface area contributed by atoms with E-state index in [1.807, 2.05) is 11.5 Å². The summed E-state index contributed by atoms with van der Waals surface area (Å²) in [5.74, 6) is 0.566. The van der Waals surface area contributed by atoms with Crippen molar-refractivity contribution >= 4 is 29.3 Å². The molecule has 0 aliphatic heterocycles. The zero-order valence-corrected chi connectivity index (χ0v) is 14.8. The molecular formula is C16H18ClFN4OS. The molecule has 1 aliphatic rings. The van der Waals surface area contributed by atoms with E-state index in [0.29, 0.717) is 12.5 Å². The van der Waals surface area contributed by atoms with Gasteiger partial charge in [-0.2, -0.15) is 0 Å². The minimum atomic E-state index is -0.432. The molecule has 5 nitrogen and oxygen atoms in total. The zero-order chi connectivity index (χ0) is 17.3. The molecule has 24 heavy (non-hydrogen) atoms. The highest BCUT2D eigenvalue weighted by molar-refractivity contribution is 7.99. The molecule has 0 saturated heterocycles. The second kappa shape index (κ2) is 7.11. The maximum absolute atomic E-state index is 13.3. The lowest BCUT2D eigenvalue weighted by molar-refractivity contribution is -0.118. The van der Waals surface area contributed by atoms with Crippen molar-refractivity contribution in [2.24, 2.45) is 5.73 Å². The second-order valence-corrected chi connectivity index (χ2v) is 7.63. The van der Waals surface area contributed by atoms with E-state index in [1.165, 1.54) is 17.8 Å². The van der Waals surface area contributed by atoms with Crippen LogP contribution in [-0.4, -0.2) is 20.7 Å². The molecule has 2 N–H and O–H groups in total. The summed E-state index contributed by atoms with van der Waals surface area (Å²) in [6, 6.07) is 4.70. The van der Waals surface area contributed by atoms with Crippen LogP contribution in [0.25, 0.3) is 0 Å². The molecule has 1 aliphatic carbocycles. The van der Waals surface area contributed by atoms with Gasteiger partial charge >= 0.3 is 0 Å². The first-order valence-electron chi connectivity index (χ1n) is 7.78. The molecule has 1 aromatic heterocycles. The molecule has 0 radical (unpaired) electrons. The summed E-state index contributed by atoms with van der Waals surface area (Å²) in [6.45, 7) is 2.48. The maximum atomic E-state index is 13.3. The zero-order valence-electron chi connectivity index (χ0n) is 13.2. The summed E-state index contributed by atoms with van der Waals surface area (Å²) < 4.78 is 15.3. The van der Waals surface area contributed by atoms with E-state index < -0.39 is 5.82 Å². The van der Waals surface area contributed by atoms with Gasteiger partial charge in [0.05, 0.1) is 5.02 Å². The summed E-state index contributed by atoms with van der Waals surface area (Å²) in [5.41, 5.74) is 6.18. The summed E-state index contributed by atoms with van der Waals surface area (Å²) in [6.07, 6.45) is 2.45. The van der Waals surface area contributed by atoms with Crippen molar-refractivity contribution in [1.82, 2.24) is 14.8 Å². The first kappa shape index (κ1) is 17.2. The minimum Gasteiger partial charge on any atom is -0.370 e. The molecule has 1 fully saturated rings. The highest BCUT2D eigenvalue weighted by atomic mass is 35.5. The van der Waals surface area contributed by atoms with Crippen molar-refractivity contribution in [2.45, 2.75) is 49.1 Å². The summed E-state index contributed by atoms with van der Waals surface area (Å²) in [7, 11) is 0. The molecule has 1 aromatic carbocycles. The Morgan fingerprint density at radius 3 is 2.88 bits per heavy atom. The van der Waals surface area contributed by atoms with Crippen molar-refractivity contribution in [3.8, 4) is 0 Å². The van der Waals surface area contributed by atoms with E-state index in [0.717, 1.165) is 29.4 Å². The van der Waals surface area contributed by atoms with E-state index in [4.69, 9.17) is 17.3 Å². The maximum Gasteiger partial charge on any atom is 0.219 e. The monoisotopic (exact) mass is 368 g/mol. The Bertz CT molecular complexity index is 763. The number of benzene rings is 1. The molecule has 1 atom stereocenters. The third-order valence-electron chi connectivity index (χ3n) is 3.97. The number of nitrogens with zero attached hydrogens (tertiary/aromatic N) is 3. The number of hydrogen-bond acceptors (Lipinski definition) is 4. The first-order chi connectivity index (χ1) is 11.5. The van der Waals surface area contributed by atoms with Gasteiger partial charge < -0.3 is 10.3 Å². The van der Waals surface area contributed by atoms with Crippen molar-refractivity contribution in [1.29, 1.82) is 0 Å². The molecule has 8 heteroatoms. The van der Waals surface area contributed by atoms with Crippen LogP contribution in [0, 0.1) is 5.82 Å². The predicted molar refractivity (Wildman–Crippen MR) is 91.5 cm³/mol. The van der Waals surface area contributed by atoms with E-state index in [1.54, 1.807) is 12.1 Å². The third kappa shape index (κ3) is 3.89. The normalized spacial score (nSPS) is 15.5. The van der Waals surface area contributed by atoms with Gasteiger partial charge in [0.1, 0.15) is 11.6 Å². The molecule has 1 amide bonds. The van der Waals surface area contributed by atoms with Gasteiger partial charge in [-0.05, 0) is 37.5 Å². The number of carbonyl (C=O) groups excluding carboxylic acids is 1. The Morgan fingerprint density at radius 1 is 1.50 bits per heavy atom. The van der Waals surface area contributed by atoms with E-state index in [-0.39, 0.29) is 22.6 Å². The number of aromatic nitrogens is 3. The molecule has 0 bridgehead atoms. The lowest BCUT2D eigenvalue weighted by Crippen LogP contribution is -2.15.